The van der Waals surface area contributed by atoms with Gasteiger partial charge in [0, 0.05) is 39.3 Å². The Labute approximate surface area is 112 Å². The number of nitrogens with one attached hydrogen (secondary N) is 2. The standard InChI is InChI=1S/C9H17N7O.ClH/c17-9(7-16-8-12-13-14-16)11-3-6-15-4-1-10-2-5-15;/h8,10H,1-7H2,(H,11,17);1H. The molecule has 0 spiro atoms. The van der Waals surface area contributed by atoms with Gasteiger partial charge in [-0.15, -0.1) is 17.5 Å². The number of hydrogen-bond acceptors (Lipinski definition) is 6. The summed E-state index contributed by atoms with van der Waals surface area (Å²) in [6.45, 7) is 5.88. The maximum Gasteiger partial charge on any atom is 0.241 e. The lowest BCUT2D eigenvalue weighted by molar-refractivity contribution is -0.121. The number of carbonyl (C=O) groups is 1. The molecule has 9 heteroatoms. The third-order valence-electron chi connectivity index (χ3n) is 2.66. The van der Waals surface area contributed by atoms with Crippen LogP contribution >= 0.6 is 12.4 Å². The minimum Gasteiger partial charge on any atom is -0.353 e. The summed E-state index contributed by atoms with van der Waals surface area (Å²) in [6.07, 6.45) is 1.43. The number of aromatic nitrogens is 4. The molecule has 1 saturated heterocycles. The van der Waals surface area contributed by atoms with Gasteiger partial charge in [-0.05, 0) is 10.4 Å². The first-order valence-electron chi connectivity index (χ1n) is 5.75. The summed E-state index contributed by atoms with van der Waals surface area (Å²) in [5, 5.41) is 16.7. The van der Waals surface area contributed by atoms with Crippen LogP contribution < -0.4 is 10.6 Å². The number of tetrazole rings is 1. The first-order valence-corrected chi connectivity index (χ1v) is 5.75. The Morgan fingerprint density at radius 3 is 2.83 bits per heavy atom. The van der Waals surface area contributed by atoms with Crippen molar-refractivity contribution >= 4 is 18.3 Å². The molecular weight excluding hydrogens is 258 g/mol. The summed E-state index contributed by atoms with van der Waals surface area (Å²) in [7, 11) is 0. The Morgan fingerprint density at radius 2 is 2.17 bits per heavy atom. The topological polar surface area (TPSA) is 88.0 Å². The van der Waals surface area contributed by atoms with Gasteiger partial charge in [0.15, 0.2) is 0 Å². The average molecular weight is 276 g/mol. The minimum absolute atomic E-state index is 0. The zero-order chi connectivity index (χ0) is 11.9. The van der Waals surface area contributed by atoms with Crippen molar-refractivity contribution in [1.82, 2.24) is 35.7 Å². The fourth-order valence-electron chi connectivity index (χ4n) is 1.74. The molecule has 2 heterocycles. The van der Waals surface area contributed by atoms with Gasteiger partial charge in [-0.2, -0.15) is 0 Å². The van der Waals surface area contributed by atoms with Crippen LogP contribution in [0, 0.1) is 0 Å². The Balaban J connectivity index is 0.00000162. The molecule has 1 aromatic heterocycles. The van der Waals surface area contributed by atoms with Crippen LogP contribution in [0.2, 0.25) is 0 Å². The van der Waals surface area contributed by atoms with Gasteiger partial charge in [0.05, 0.1) is 0 Å². The maximum absolute atomic E-state index is 11.5. The molecule has 0 unspecified atom stereocenters. The van der Waals surface area contributed by atoms with E-state index in [4.69, 9.17) is 0 Å². The van der Waals surface area contributed by atoms with Crippen LogP contribution in [0.15, 0.2) is 6.33 Å². The molecule has 1 aromatic rings. The van der Waals surface area contributed by atoms with Crippen LogP contribution in [0.25, 0.3) is 0 Å². The van der Waals surface area contributed by atoms with Crippen LogP contribution in [0.5, 0.6) is 0 Å². The minimum atomic E-state index is -0.0626. The molecule has 0 atom stereocenters. The molecular formula is C9H18ClN7O. The van der Waals surface area contributed by atoms with Crippen LogP contribution in [0.3, 0.4) is 0 Å². The van der Waals surface area contributed by atoms with E-state index in [9.17, 15) is 4.79 Å². The quantitative estimate of drug-likeness (QED) is 0.654. The largest absolute Gasteiger partial charge is 0.353 e. The fraction of sp³-hybridized carbons (Fsp3) is 0.778. The number of carbonyl (C=O) groups excluding carboxylic acids is 1. The van der Waals surface area contributed by atoms with Gasteiger partial charge >= 0.3 is 0 Å². The normalized spacial score (nSPS) is 16.0. The monoisotopic (exact) mass is 275 g/mol. The number of nitrogens with zero attached hydrogens (tertiary/aromatic N) is 5. The van der Waals surface area contributed by atoms with Crippen LogP contribution in [-0.4, -0.2) is 70.3 Å². The lowest BCUT2D eigenvalue weighted by Gasteiger charge is -2.27. The summed E-state index contributed by atoms with van der Waals surface area (Å²) >= 11 is 0. The highest BCUT2D eigenvalue weighted by Crippen LogP contribution is 1.90. The van der Waals surface area contributed by atoms with Gasteiger partial charge in [0.25, 0.3) is 0 Å². The molecule has 0 radical (unpaired) electrons. The zero-order valence-corrected chi connectivity index (χ0v) is 10.9. The lowest BCUT2D eigenvalue weighted by atomic mass is 10.3. The SMILES string of the molecule is Cl.O=C(Cn1cnnn1)NCCN1CCNCC1. The summed E-state index contributed by atoms with van der Waals surface area (Å²) in [6, 6.07) is 0. The van der Waals surface area contributed by atoms with E-state index in [2.05, 4.69) is 31.1 Å². The zero-order valence-electron chi connectivity index (χ0n) is 10.1. The van der Waals surface area contributed by atoms with Crippen molar-refractivity contribution in [2.45, 2.75) is 6.54 Å². The van der Waals surface area contributed by atoms with Gasteiger partial charge in [0.1, 0.15) is 12.9 Å². The molecule has 102 valence electrons. The molecule has 1 amide bonds. The lowest BCUT2D eigenvalue weighted by Crippen LogP contribution is -2.46. The highest BCUT2D eigenvalue weighted by Gasteiger charge is 2.09. The second-order valence-corrected chi connectivity index (χ2v) is 3.95. The Morgan fingerprint density at radius 1 is 1.39 bits per heavy atom. The highest BCUT2D eigenvalue weighted by atomic mass is 35.5. The van der Waals surface area contributed by atoms with E-state index in [0.717, 1.165) is 32.7 Å². The van der Waals surface area contributed by atoms with Crippen LogP contribution in [0.1, 0.15) is 0 Å². The molecule has 8 nitrogen and oxygen atoms in total. The highest BCUT2D eigenvalue weighted by molar-refractivity contribution is 5.85. The van der Waals surface area contributed by atoms with Crippen molar-refractivity contribution in [3.63, 3.8) is 0 Å². The Bertz CT molecular complexity index is 339. The first kappa shape index (κ1) is 14.8. The molecule has 2 rings (SSSR count). The smallest absolute Gasteiger partial charge is 0.241 e. The molecule has 1 aliphatic rings. The summed E-state index contributed by atoms with van der Waals surface area (Å²) in [5.41, 5.74) is 0. The number of piperazine rings is 1. The predicted molar refractivity (Wildman–Crippen MR) is 67.4 cm³/mol. The third kappa shape index (κ3) is 4.94. The van der Waals surface area contributed by atoms with Gasteiger partial charge < -0.3 is 10.6 Å². The van der Waals surface area contributed by atoms with Crippen molar-refractivity contribution in [1.29, 1.82) is 0 Å². The van der Waals surface area contributed by atoms with E-state index in [1.165, 1.54) is 11.0 Å². The van der Waals surface area contributed by atoms with Gasteiger partial charge in [-0.25, -0.2) is 4.68 Å². The van der Waals surface area contributed by atoms with Crippen molar-refractivity contribution < 1.29 is 4.79 Å². The number of halogens is 1. The molecule has 18 heavy (non-hydrogen) atoms. The molecule has 2 N–H and O–H groups in total. The predicted octanol–water partition coefficient (Wildman–Crippen LogP) is -1.88. The van der Waals surface area contributed by atoms with Crippen LogP contribution in [-0.2, 0) is 11.3 Å². The van der Waals surface area contributed by atoms with Crippen molar-refractivity contribution in [2.24, 2.45) is 0 Å². The summed E-state index contributed by atoms with van der Waals surface area (Å²) < 4.78 is 1.40. The number of amides is 1. The van der Waals surface area contributed by atoms with Crippen molar-refractivity contribution in [3.05, 3.63) is 6.33 Å². The summed E-state index contributed by atoms with van der Waals surface area (Å²) in [4.78, 5) is 13.8. The Kier molecular flexibility index (Phi) is 6.55. The van der Waals surface area contributed by atoms with E-state index in [1.54, 1.807) is 0 Å². The first-order chi connectivity index (χ1) is 8.34. The fourth-order valence-corrected chi connectivity index (χ4v) is 1.74. The Hall–Kier alpha value is -1.25. The van der Waals surface area contributed by atoms with Gasteiger partial charge in [-0.1, -0.05) is 0 Å². The maximum atomic E-state index is 11.5. The van der Waals surface area contributed by atoms with E-state index in [1.807, 2.05) is 0 Å². The van der Waals surface area contributed by atoms with E-state index >= 15 is 0 Å². The van der Waals surface area contributed by atoms with Gasteiger partial charge in [0.2, 0.25) is 5.91 Å². The number of hydrogen-bond donors (Lipinski definition) is 2. The molecule has 0 aromatic carbocycles. The second-order valence-electron chi connectivity index (χ2n) is 3.95. The average Bonchev–Trinajstić information content (AvgIpc) is 2.83. The molecule has 0 bridgehead atoms. The van der Waals surface area contributed by atoms with E-state index < -0.39 is 0 Å². The summed E-state index contributed by atoms with van der Waals surface area (Å²) in [5.74, 6) is -0.0626. The van der Waals surface area contributed by atoms with Crippen molar-refractivity contribution in [2.75, 3.05) is 39.3 Å². The molecule has 0 saturated carbocycles. The van der Waals surface area contributed by atoms with Gasteiger partial charge in [-0.3, -0.25) is 9.69 Å². The number of rotatable bonds is 5. The molecule has 0 aliphatic carbocycles. The molecule has 1 fully saturated rings. The van der Waals surface area contributed by atoms with E-state index in [0.29, 0.717) is 6.54 Å². The second kappa shape index (κ2) is 7.96. The molecule has 1 aliphatic heterocycles. The van der Waals surface area contributed by atoms with Crippen molar-refractivity contribution in [3.8, 4) is 0 Å². The third-order valence-corrected chi connectivity index (χ3v) is 2.66. The van der Waals surface area contributed by atoms with Crippen LogP contribution in [0.4, 0.5) is 0 Å². The van der Waals surface area contributed by atoms with E-state index in [-0.39, 0.29) is 24.9 Å².